The maximum absolute atomic E-state index is 10.6. The van der Waals surface area contributed by atoms with Crippen LogP contribution in [0.5, 0.6) is 5.75 Å². The molecule has 1 aromatic carbocycles. The number of aliphatic carboxylic acids is 1. The summed E-state index contributed by atoms with van der Waals surface area (Å²) in [5, 5.41) is 22.0. The Kier molecular flexibility index (Phi) is 5.92. The number of hydrogen-bond donors (Lipinski definition) is 2. The largest absolute Gasteiger partial charge is 0.481 e. The smallest absolute Gasteiger partial charge is 0.341 e. The predicted molar refractivity (Wildman–Crippen MR) is 91.3 cm³/mol. The first-order valence-electron chi connectivity index (χ1n) is 7.54. The molecule has 0 aliphatic carbocycles. The number of hydrogen-bond acceptors (Lipinski definition) is 6. The fourth-order valence-electron chi connectivity index (χ4n) is 2.22. The Hall–Kier alpha value is -2.15. The van der Waals surface area contributed by atoms with E-state index in [1.807, 2.05) is 26.0 Å². The van der Waals surface area contributed by atoms with Crippen molar-refractivity contribution in [2.45, 2.75) is 33.6 Å². The highest BCUT2D eigenvalue weighted by Gasteiger charge is 2.12. The molecule has 1 heterocycles. The minimum atomic E-state index is -0.986. The van der Waals surface area contributed by atoms with Crippen LogP contribution in [0.3, 0.4) is 0 Å². The lowest BCUT2D eigenvalue weighted by Gasteiger charge is -2.11. The van der Waals surface area contributed by atoms with Gasteiger partial charge in [-0.1, -0.05) is 24.7 Å². The molecule has 2 aromatic rings. The molecular weight excluding hydrogens is 314 g/mol. The molecule has 0 atom stereocenters. The van der Waals surface area contributed by atoms with E-state index < -0.39 is 5.97 Å². The van der Waals surface area contributed by atoms with Crippen LogP contribution in [0, 0.1) is 13.8 Å². The van der Waals surface area contributed by atoms with Gasteiger partial charge in [-0.15, -0.1) is 10.2 Å². The summed E-state index contributed by atoms with van der Waals surface area (Å²) in [4.78, 5) is 10.6. The van der Waals surface area contributed by atoms with Gasteiger partial charge in [0, 0.05) is 12.1 Å². The van der Waals surface area contributed by atoms with Crippen LogP contribution in [0.4, 0.5) is 5.13 Å². The lowest BCUT2D eigenvalue weighted by atomic mass is 10.1. The van der Waals surface area contributed by atoms with Crippen LogP contribution in [0.1, 0.15) is 30.9 Å². The number of rotatable bonds is 8. The molecule has 0 bridgehead atoms. The average molecular weight is 335 g/mol. The Bertz CT molecular complexity index is 662. The quantitative estimate of drug-likeness (QED) is 0.718. The van der Waals surface area contributed by atoms with Gasteiger partial charge in [-0.25, -0.2) is 4.79 Å². The van der Waals surface area contributed by atoms with Crippen LogP contribution in [0.25, 0.3) is 10.6 Å². The summed E-state index contributed by atoms with van der Waals surface area (Å²) < 4.78 is 5.35. The monoisotopic (exact) mass is 335 g/mol. The molecule has 0 aliphatic rings. The Morgan fingerprint density at radius 2 is 2.00 bits per heavy atom. The highest BCUT2D eigenvalue weighted by molar-refractivity contribution is 7.18. The molecule has 6 nitrogen and oxygen atoms in total. The van der Waals surface area contributed by atoms with Crippen molar-refractivity contribution in [2.75, 3.05) is 18.5 Å². The van der Waals surface area contributed by atoms with E-state index >= 15 is 0 Å². The number of unbranched alkanes of at least 4 members (excludes halogenated alkanes) is 1. The van der Waals surface area contributed by atoms with Gasteiger partial charge in [-0.3, -0.25) is 0 Å². The zero-order valence-corrected chi connectivity index (χ0v) is 14.4. The number of anilines is 1. The molecule has 23 heavy (non-hydrogen) atoms. The molecule has 0 saturated heterocycles. The van der Waals surface area contributed by atoms with Crippen molar-refractivity contribution in [1.82, 2.24) is 10.2 Å². The summed E-state index contributed by atoms with van der Waals surface area (Å²) in [6.45, 7) is 6.49. The Morgan fingerprint density at radius 1 is 1.30 bits per heavy atom. The number of carbonyl (C=O) groups is 1. The molecule has 124 valence electrons. The van der Waals surface area contributed by atoms with E-state index in [-0.39, 0.29) is 6.61 Å². The van der Waals surface area contributed by atoms with Gasteiger partial charge in [-0.2, -0.15) is 0 Å². The second-order valence-corrected chi connectivity index (χ2v) is 6.29. The molecule has 2 rings (SSSR count). The van der Waals surface area contributed by atoms with E-state index in [0.29, 0.717) is 5.75 Å². The van der Waals surface area contributed by atoms with E-state index in [1.54, 1.807) is 0 Å². The third-order valence-corrected chi connectivity index (χ3v) is 4.21. The molecule has 7 heteroatoms. The zero-order chi connectivity index (χ0) is 16.8. The second-order valence-electron chi connectivity index (χ2n) is 5.31. The summed E-state index contributed by atoms with van der Waals surface area (Å²) in [6.07, 6.45) is 2.23. The standard InChI is InChI=1S/C16H21N3O3S/c1-4-5-6-17-16-19-18-15(23-16)12-7-10(2)14(11(3)8-12)22-9-13(20)21/h7-8H,4-6,9H2,1-3H3,(H,17,19)(H,20,21). The zero-order valence-electron chi connectivity index (χ0n) is 13.5. The van der Waals surface area contributed by atoms with E-state index in [9.17, 15) is 4.79 Å². The molecular formula is C16H21N3O3S. The number of nitrogens with one attached hydrogen (secondary N) is 1. The summed E-state index contributed by atoms with van der Waals surface area (Å²) in [7, 11) is 0. The van der Waals surface area contributed by atoms with Crippen molar-refractivity contribution in [1.29, 1.82) is 0 Å². The normalized spacial score (nSPS) is 10.6. The summed E-state index contributed by atoms with van der Waals surface area (Å²) in [6, 6.07) is 3.89. The number of carboxylic acid groups (broad SMARTS) is 1. The molecule has 0 fully saturated rings. The van der Waals surface area contributed by atoms with Crippen LogP contribution in [0.15, 0.2) is 12.1 Å². The van der Waals surface area contributed by atoms with Crippen LogP contribution < -0.4 is 10.1 Å². The summed E-state index contributed by atoms with van der Waals surface area (Å²) in [5.41, 5.74) is 2.73. The lowest BCUT2D eigenvalue weighted by molar-refractivity contribution is -0.139. The van der Waals surface area contributed by atoms with E-state index in [2.05, 4.69) is 22.4 Å². The molecule has 0 unspecified atom stereocenters. The van der Waals surface area contributed by atoms with Gasteiger partial charge in [0.15, 0.2) is 6.61 Å². The van der Waals surface area contributed by atoms with Crippen molar-refractivity contribution in [2.24, 2.45) is 0 Å². The minimum absolute atomic E-state index is 0.342. The van der Waals surface area contributed by atoms with Crippen LogP contribution >= 0.6 is 11.3 Å². The topological polar surface area (TPSA) is 84.3 Å². The van der Waals surface area contributed by atoms with Crippen molar-refractivity contribution in [3.63, 3.8) is 0 Å². The molecule has 0 saturated carbocycles. The number of aromatic nitrogens is 2. The number of nitrogens with zero attached hydrogens (tertiary/aromatic N) is 2. The van der Waals surface area contributed by atoms with Gasteiger partial charge in [0.05, 0.1) is 0 Å². The number of benzene rings is 1. The van der Waals surface area contributed by atoms with Crippen molar-refractivity contribution in [3.8, 4) is 16.3 Å². The Balaban J connectivity index is 2.16. The minimum Gasteiger partial charge on any atom is -0.481 e. The first-order chi connectivity index (χ1) is 11.0. The van der Waals surface area contributed by atoms with Crippen LogP contribution in [0.2, 0.25) is 0 Å². The number of aryl methyl sites for hydroxylation is 2. The van der Waals surface area contributed by atoms with Gasteiger partial charge < -0.3 is 15.2 Å². The van der Waals surface area contributed by atoms with E-state index in [1.165, 1.54) is 11.3 Å². The lowest BCUT2D eigenvalue weighted by Crippen LogP contribution is -2.10. The van der Waals surface area contributed by atoms with Crippen LogP contribution in [-0.4, -0.2) is 34.4 Å². The maximum atomic E-state index is 10.6. The van der Waals surface area contributed by atoms with E-state index in [0.717, 1.165) is 46.2 Å². The SMILES string of the molecule is CCCCNc1nnc(-c2cc(C)c(OCC(=O)O)c(C)c2)s1. The Labute approximate surface area is 139 Å². The van der Waals surface area contributed by atoms with Crippen LogP contribution in [-0.2, 0) is 4.79 Å². The molecule has 0 amide bonds. The van der Waals surface area contributed by atoms with Gasteiger partial charge in [0.1, 0.15) is 10.8 Å². The first kappa shape index (κ1) is 17.2. The van der Waals surface area contributed by atoms with Gasteiger partial charge in [0.25, 0.3) is 0 Å². The third kappa shape index (κ3) is 4.66. The predicted octanol–water partition coefficient (Wildman–Crippen LogP) is 3.50. The third-order valence-electron chi connectivity index (χ3n) is 3.28. The fourth-order valence-corrected chi connectivity index (χ4v) is 2.98. The van der Waals surface area contributed by atoms with E-state index in [4.69, 9.17) is 9.84 Å². The van der Waals surface area contributed by atoms with Gasteiger partial charge in [-0.05, 0) is 43.5 Å². The van der Waals surface area contributed by atoms with Crippen molar-refractivity contribution >= 4 is 22.4 Å². The van der Waals surface area contributed by atoms with Gasteiger partial charge >= 0.3 is 5.97 Å². The number of ether oxygens (including phenoxy) is 1. The fraction of sp³-hybridized carbons (Fsp3) is 0.438. The molecule has 0 aliphatic heterocycles. The van der Waals surface area contributed by atoms with Gasteiger partial charge in [0.2, 0.25) is 5.13 Å². The first-order valence-corrected chi connectivity index (χ1v) is 8.36. The highest BCUT2D eigenvalue weighted by atomic mass is 32.1. The molecule has 0 spiro atoms. The Morgan fingerprint density at radius 3 is 2.61 bits per heavy atom. The summed E-state index contributed by atoms with van der Waals surface area (Å²) >= 11 is 1.51. The molecule has 0 radical (unpaired) electrons. The van der Waals surface area contributed by atoms with Crippen molar-refractivity contribution < 1.29 is 14.6 Å². The second kappa shape index (κ2) is 7.92. The summed E-state index contributed by atoms with van der Waals surface area (Å²) in [5.74, 6) is -0.373. The van der Waals surface area contributed by atoms with Crippen molar-refractivity contribution in [3.05, 3.63) is 23.3 Å². The molecule has 2 N–H and O–H groups in total. The average Bonchev–Trinajstić information content (AvgIpc) is 2.95. The molecule has 1 aromatic heterocycles. The maximum Gasteiger partial charge on any atom is 0.341 e. The number of carboxylic acids is 1. The highest BCUT2D eigenvalue weighted by Crippen LogP contribution is 2.32.